The van der Waals surface area contributed by atoms with E-state index in [1.165, 1.54) is 4.90 Å². The third-order valence-corrected chi connectivity index (χ3v) is 4.41. The molecule has 2 rings (SSSR count). The highest BCUT2D eigenvalue weighted by molar-refractivity contribution is 7.99. The Morgan fingerprint density at radius 3 is 2.53 bits per heavy atom. The van der Waals surface area contributed by atoms with Gasteiger partial charge in [0, 0.05) is 16.7 Å². The van der Waals surface area contributed by atoms with Gasteiger partial charge in [-0.2, -0.15) is 0 Å². The standard InChI is InChI=1S/C15H23NO2S/c1-15(2,3)14(16-4)10-19-11-5-6-12-13(9-11)18-8-7-17-12/h5-6,9,14,16H,7-8,10H2,1-4H3. The number of hydrogen-bond acceptors (Lipinski definition) is 4. The van der Waals surface area contributed by atoms with Gasteiger partial charge in [0.2, 0.25) is 0 Å². The molecule has 1 unspecified atom stereocenters. The Kier molecular flexibility index (Phi) is 4.63. The number of ether oxygens (including phenoxy) is 2. The molecule has 4 heteroatoms. The first kappa shape index (κ1) is 14.5. The van der Waals surface area contributed by atoms with Crippen LogP contribution in [0.1, 0.15) is 20.8 Å². The lowest BCUT2D eigenvalue weighted by atomic mass is 9.88. The molecule has 106 valence electrons. The summed E-state index contributed by atoms with van der Waals surface area (Å²) in [4.78, 5) is 1.23. The van der Waals surface area contributed by atoms with Crippen LogP contribution in [0.3, 0.4) is 0 Å². The summed E-state index contributed by atoms with van der Waals surface area (Å²) in [6, 6.07) is 6.66. The normalized spacial score (nSPS) is 16.2. The van der Waals surface area contributed by atoms with Gasteiger partial charge in [-0.15, -0.1) is 11.8 Å². The molecule has 1 aliphatic heterocycles. The first-order chi connectivity index (χ1) is 9.00. The summed E-state index contributed by atoms with van der Waals surface area (Å²) in [6.45, 7) is 8.07. The average Bonchev–Trinajstić information content (AvgIpc) is 2.37. The second-order valence-electron chi connectivity index (χ2n) is 5.82. The third kappa shape index (κ3) is 3.80. The molecule has 1 aromatic rings. The smallest absolute Gasteiger partial charge is 0.162 e. The van der Waals surface area contributed by atoms with E-state index < -0.39 is 0 Å². The maximum Gasteiger partial charge on any atom is 0.162 e. The molecule has 3 nitrogen and oxygen atoms in total. The molecule has 0 saturated heterocycles. The molecule has 0 aliphatic carbocycles. The lowest BCUT2D eigenvalue weighted by Crippen LogP contribution is -2.40. The SMILES string of the molecule is CNC(CSc1ccc2c(c1)OCCO2)C(C)(C)C. The van der Waals surface area contributed by atoms with Crippen LogP contribution in [0.4, 0.5) is 0 Å². The molecule has 1 heterocycles. The number of rotatable bonds is 4. The minimum Gasteiger partial charge on any atom is -0.486 e. The van der Waals surface area contributed by atoms with Crippen LogP contribution >= 0.6 is 11.8 Å². The van der Waals surface area contributed by atoms with Gasteiger partial charge in [-0.1, -0.05) is 20.8 Å². The minimum atomic E-state index is 0.259. The van der Waals surface area contributed by atoms with Crippen LogP contribution in [0, 0.1) is 5.41 Å². The Bertz CT molecular complexity index is 429. The Hall–Kier alpha value is -0.870. The van der Waals surface area contributed by atoms with Crippen LogP contribution in [-0.4, -0.2) is 32.1 Å². The van der Waals surface area contributed by atoms with Crippen LogP contribution in [0.2, 0.25) is 0 Å². The van der Waals surface area contributed by atoms with Crippen molar-refractivity contribution in [1.82, 2.24) is 5.32 Å². The van der Waals surface area contributed by atoms with Crippen molar-refractivity contribution in [3.05, 3.63) is 18.2 Å². The van der Waals surface area contributed by atoms with E-state index in [0.717, 1.165) is 17.3 Å². The van der Waals surface area contributed by atoms with Crippen molar-refractivity contribution >= 4 is 11.8 Å². The Labute approximate surface area is 120 Å². The molecular weight excluding hydrogens is 258 g/mol. The fraction of sp³-hybridized carbons (Fsp3) is 0.600. The maximum atomic E-state index is 5.61. The van der Waals surface area contributed by atoms with Crippen LogP contribution in [0.25, 0.3) is 0 Å². The van der Waals surface area contributed by atoms with Crippen molar-refractivity contribution in [2.75, 3.05) is 26.0 Å². The van der Waals surface area contributed by atoms with E-state index in [-0.39, 0.29) is 5.41 Å². The highest BCUT2D eigenvalue weighted by atomic mass is 32.2. The van der Waals surface area contributed by atoms with Gasteiger partial charge in [-0.25, -0.2) is 0 Å². The van der Waals surface area contributed by atoms with E-state index >= 15 is 0 Å². The number of thioether (sulfide) groups is 1. The molecule has 0 saturated carbocycles. The quantitative estimate of drug-likeness (QED) is 0.859. The molecule has 1 N–H and O–H groups in total. The minimum absolute atomic E-state index is 0.259. The molecule has 19 heavy (non-hydrogen) atoms. The van der Waals surface area contributed by atoms with Crippen LogP contribution in [0.5, 0.6) is 11.5 Å². The zero-order valence-electron chi connectivity index (χ0n) is 12.2. The summed E-state index contributed by atoms with van der Waals surface area (Å²) >= 11 is 1.85. The van der Waals surface area contributed by atoms with Gasteiger partial charge in [0.1, 0.15) is 13.2 Å². The number of nitrogens with one attached hydrogen (secondary N) is 1. The topological polar surface area (TPSA) is 30.5 Å². The monoisotopic (exact) mass is 281 g/mol. The van der Waals surface area contributed by atoms with Crippen LogP contribution in [0.15, 0.2) is 23.1 Å². The first-order valence-electron chi connectivity index (χ1n) is 6.70. The second kappa shape index (κ2) is 6.06. The fourth-order valence-electron chi connectivity index (χ4n) is 2.06. The summed E-state index contributed by atoms with van der Waals surface area (Å²) in [6.07, 6.45) is 0. The summed E-state index contributed by atoms with van der Waals surface area (Å²) in [5.74, 6) is 2.77. The molecule has 0 fully saturated rings. The molecule has 0 aromatic heterocycles. The average molecular weight is 281 g/mol. The molecule has 1 atom stereocenters. The molecule has 0 amide bonds. The number of hydrogen-bond donors (Lipinski definition) is 1. The Balaban J connectivity index is 1.99. The highest BCUT2D eigenvalue weighted by Gasteiger charge is 2.23. The van der Waals surface area contributed by atoms with Crippen molar-refractivity contribution in [3.63, 3.8) is 0 Å². The van der Waals surface area contributed by atoms with Crippen LogP contribution in [-0.2, 0) is 0 Å². The Morgan fingerprint density at radius 1 is 1.21 bits per heavy atom. The summed E-state index contributed by atoms with van der Waals surface area (Å²) in [5, 5.41) is 3.40. The van der Waals surface area contributed by atoms with E-state index in [1.807, 2.05) is 24.9 Å². The van der Waals surface area contributed by atoms with Gasteiger partial charge in [-0.05, 0) is 30.7 Å². The van der Waals surface area contributed by atoms with Gasteiger partial charge >= 0.3 is 0 Å². The van der Waals surface area contributed by atoms with E-state index in [4.69, 9.17) is 9.47 Å². The highest BCUT2D eigenvalue weighted by Crippen LogP contribution is 2.35. The zero-order valence-corrected chi connectivity index (χ0v) is 13.0. The maximum absolute atomic E-state index is 5.61. The Morgan fingerprint density at radius 2 is 1.89 bits per heavy atom. The lowest BCUT2D eigenvalue weighted by Gasteiger charge is -2.30. The van der Waals surface area contributed by atoms with Gasteiger partial charge in [0.05, 0.1) is 0 Å². The molecule has 0 radical (unpaired) electrons. The summed E-state index contributed by atoms with van der Waals surface area (Å²) in [5.41, 5.74) is 0.259. The van der Waals surface area contributed by atoms with Crippen LogP contribution < -0.4 is 14.8 Å². The fourth-order valence-corrected chi connectivity index (χ4v) is 3.44. The first-order valence-corrected chi connectivity index (χ1v) is 7.69. The van der Waals surface area contributed by atoms with Crippen molar-refractivity contribution in [3.8, 4) is 11.5 Å². The van der Waals surface area contributed by atoms with Crippen molar-refractivity contribution in [2.24, 2.45) is 5.41 Å². The zero-order chi connectivity index (χ0) is 13.9. The van der Waals surface area contributed by atoms with E-state index in [0.29, 0.717) is 19.3 Å². The molecule has 0 spiro atoms. The molecular formula is C15H23NO2S. The summed E-state index contributed by atoms with van der Waals surface area (Å²) < 4.78 is 11.1. The van der Waals surface area contributed by atoms with Crippen molar-refractivity contribution < 1.29 is 9.47 Å². The number of fused-ring (bicyclic) bond motifs is 1. The third-order valence-electron chi connectivity index (χ3n) is 3.32. The second-order valence-corrected chi connectivity index (χ2v) is 6.92. The van der Waals surface area contributed by atoms with Gasteiger partial charge in [0.15, 0.2) is 11.5 Å². The number of benzene rings is 1. The predicted octanol–water partition coefficient (Wildman–Crippen LogP) is 3.18. The van der Waals surface area contributed by atoms with E-state index in [1.54, 1.807) is 0 Å². The molecule has 1 aliphatic rings. The van der Waals surface area contributed by atoms with Gasteiger partial charge in [-0.3, -0.25) is 0 Å². The molecule has 0 bridgehead atoms. The van der Waals surface area contributed by atoms with E-state index in [2.05, 4.69) is 38.2 Å². The molecule has 1 aromatic carbocycles. The lowest BCUT2D eigenvalue weighted by molar-refractivity contribution is 0.171. The van der Waals surface area contributed by atoms with Crippen molar-refractivity contribution in [2.45, 2.75) is 31.7 Å². The largest absolute Gasteiger partial charge is 0.486 e. The summed E-state index contributed by atoms with van der Waals surface area (Å²) in [7, 11) is 2.03. The van der Waals surface area contributed by atoms with Gasteiger partial charge in [0.25, 0.3) is 0 Å². The van der Waals surface area contributed by atoms with Gasteiger partial charge < -0.3 is 14.8 Å². The van der Waals surface area contributed by atoms with Crippen molar-refractivity contribution in [1.29, 1.82) is 0 Å². The predicted molar refractivity (Wildman–Crippen MR) is 80.5 cm³/mol. The van der Waals surface area contributed by atoms with E-state index in [9.17, 15) is 0 Å².